The maximum absolute atomic E-state index is 4.20. The van der Waals surface area contributed by atoms with E-state index in [1.807, 2.05) is 18.5 Å². The molecule has 0 radical (unpaired) electrons. The van der Waals surface area contributed by atoms with Crippen LogP contribution in [0.5, 0.6) is 0 Å². The Bertz CT molecular complexity index is 300. The van der Waals surface area contributed by atoms with Crippen LogP contribution in [0.3, 0.4) is 0 Å². The Kier molecular flexibility index (Phi) is 5.63. The smallest absolute Gasteiger partial charge is 0.0335 e. The van der Waals surface area contributed by atoms with Gasteiger partial charge in [0.25, 0.3) is 0 Å². The molecule has 96 valence electrons. The minimum Gasteiger partial charge on any atom is -0.310 e. The van der Waals surface area contributed by atoms with Gasteiger partial charge in [-0.3, -0.25) is 4.98 Å². The number of rotatable bonds is 6. The minimum absolute atomic E-state index is 0.436. The summed E-state index contributed by atoms with van der Waals surface area (Å²) in [6.45, 7) is 10.1. The van der Waals surface area contributed by atoms with E-state index in [0.29, 0.717) is 11.5 Å². The van der Waals surface area contributed by atoms with Gasteiger partial charge in [-0.2, -0.15) is 0 Å². The van der Waals surface area contributed by atoms with Crippen molar-refractivity contribution in [3.05, 3.63) is 30.1 Å². The van der Waals surface area contributed by atoms with Gasteiger partial charge in [-0.25, -0.2) is 0 Å². The average Bonchev–Trinajstić information content (AvgIpc) is 2.27. The molecule has 0 spiro atoms. The van der Waals surface area contributed by atoms with Gasteiger partial charge >= 0.3 is 0 Å². The molecule has 1 N–H and O–H groups in total. The Labute approximate surface area is 106 Å². The second kappa shape index (κ2) is 6.75. The van der Waals surface area contributed by atoms with Crippen molar-refractivity contribution in [1.29, 1.82) is 0 Å². The minimum atomic E-state index is 0.436. The van der Waals surface area contributed by atoms with Gasteiger partial charge in [-0.05, 0) is 36.4 Å². The fraction of sp³-hybridized carbons (Fsp3) is 0.667. The third-order valence-corrected chi connectivity index (χ3v) is 2.96. The molecule has 0 saturated heterocycles. The normalized spacial score (nSPS) is 13.6. The van der Waals surface area contributed by atoms with Gasteiger partial charge in [0.1, 0.15) is 0 Å². The van der Waals surface area contributed by atoms with Crippen molar-refractivity contribution < 1.29 is 0 Å². The first-order chi connectivity index (χ1) is 8.03. The molecular formula is C15H26N2. The number of pyridine rings is 1. The monoisotopic (exact) mass is 234 g/mol. The van der Waals surface area contributed by atoms with Crippen LogP contribution in [0.4, 0.5) is 0 Å². The van der Waals surface area contributed by atoms with E-state index in [4.69, 9.17) is 0 Å². The first kappa shape index (κ1) is 14.2. The fourth-order valence-corrected chi connectivity index (χ4v) is 2.05. The highest BCUT2D eigenvalue weighted by Crippen LogP contribution is 2.25. The van der Waals surface area contributed by atoms with Crippen molar-refractivity contribution in [2.45, 2.75) is 53.0 Å². The van der Waals surface area contributed by atoms with Gasteiger partial charge in [-0.15, -0.1) is 0 Å². The maximum atomic E-state index is 4.20. The van der Waals surface area contributed by atoms with Crippen LogP contribution in [0.1, 0.15) is 58.6 Å². The molecule has 0 aliphatic rings. The van der Waals surface area contributed by atoms with Gasteiger partial charge in [0.2, 0.25) is 0 Å². The van der Waals surface area contributed by atoms with Gasteiger partial charge in [0.15, 0.2) is 0 Å². The lowest BCUT2D eigenvalue weighted by atomic mass is 9.88. The molecule has 1 atom stereocenters. The van der Waals surface area contributed by atoms with Crippen LogP contribution >= 0.6 is 0 Å². The third-order valence-electron chi connectivity index (χ3n) is 2.96. The van der Waals surface area contributed by atoms with Crippen molar-refractivity contribution in [3.63, 3.8) is 0 Å². The molecule has 0 aromatic carbocycles. The van der Waals surface area contributed by atoms with Crippen molar-refractivity contribution in [1.82, 2.24) is 10.3 Å². The summed E-state index contributed by atoms with van der Waals surface area (Å²) in [6.07, 6.45) is 7.54. The maximum Gasteiger partial charge on any atom is 0.0335 e. The van der Waals surface area contributed by atoms with Crippen LogP contribution in [0, 0.1) is 5.41 Å². The number of nitrogens with one attached hydrogen (secondary N) is 1. The van der Waals surface area contributed by atoms with E-state index in [1.54, 1.807) is 0 Å². The van der Waals surface area contributed by atoms with E-state index in [0.717, 1.165) is 6.54 Å². The van der Waals surface area contributed by atoms with E-state index in [2.05, 4.69) is 44.1 Å². The number of aromatic nitrogens is 1. The summed E-state index contributed by atoms with van der Waals surface area (Å²) in [6, 6.07) is 4.64. The van der Waals surface area contributed by atoms with Gasteiger partial charge in [0.05, 0.1) is 0 Å². The van der Waals surface area contributed by atoms with Crippen molar-refractivity contribution in [3.8, 4) is 0 Å². The molecule has 17 heavy (non-hydrogen) atoms. The van der Waals surface area contributed by atoms with Gasteiger partial charge in [0, 0.05) is 18.4 Å². The van der Waals surface area contributed by atoms with Crippen LogP contribution in [-0.4, -0.2) is 11.5 Å². The lowest BCUT2D eigenvalue weighted by Crippen LogP contribution is -2.21. The Hall–Kier alpha value is -0.890. The van der Waals surface area contributed by atoms with E-state index >= 15 is 0 Å². The van der Waals surface area contributed by atoms with Gasteiger partial charge < -0.3 is 5.32 Å². The predicted octanol–water partition coefficient (Wildman–Crippen LogP) is 3.95. The average molecular weight is 234 g/mol. The van der Waals surface area contributed by atoms with Crippen LogP contribution in [-0.2, 0) is 0 Å². The summed E-state index contributed by atoms with van der Waals surface area (Å²) in [4.78, 5) is 4.20. The first-order valence-corrected chi connectivity index (χ1v) is 6.66. The predicted molar refractivity (Wildman–Crippen MR) is 74.0 cm³/mol. The molecule has 0 amide bonds. The molecule has 0 aliphatic heterocycles. The zero-order valence-corrected chi connectivity index (χ0v) is 11.7. The highest BCUT2D eigenvalue weighted by atomic mass is 14.9. The van der Waals surface area contributed by atoms with Crippen LogP contribution in [0.25, 0.3) is 0 Å². The van der Waals surface area contributed by atoms with Crippen LogP contribution < -0.4 is 5.32 Å². The lowest BCUT2D eigenvalue weighted by molar-refractivity contribution is 0.344. The second-order valence-corrected chi connectivity index (χ2v) is 5.85. The zero-order chi connectivity index (χ0) is 12.7. The number of hydrogen-bond donors (Lipinski definition) is 1. The summed E-state index contributed by atoms with van der Waals surface area (Å²) >= 11 is 0. The van der Waals surface area contributed by atoms with Crippen molar-refractivity contribution in [2.75, 3.05) is 6.54 Å². The van der Waals surface area contributed by atoms with Crippen molar-refractivity contribution >= 4 is 0 Å². The quantitative estimate of drug-likeness (QED) is 0.806. The molecule has 0 aliphatic carbocycles. The highest BCUT2D eigenvalue weighted by molar-refractivity contribution is 5.13. The summed E-state index contributed by atoms with van der Waals surface area (Å²) in [5.41, 5.74) is 1.74. The Morgan fingerprint density at radius 1 is 1.35 bits per heavy atom. The topological polar surface area (TPSA) is 24.9 Å². The molecule has 0 bridgehead atoms. The SMILES string of the molecule is CCNC(CCCC(C)(C)C)c1cccnc1. The Morgan fingerprint density at radius 3 is 2.65 bits per heavy atom. The first-order valence-electron chi connectivity index (χ1n) is 6.66. The molecule has 1 heterocycles. The van der Waals surface area contributed by atoms with E-state index in [1.165, 1.54) is 24.8 Å². The van der Waals surface area contributed by atoms with E-state index in [9.17, 15) is 0 Å². The Balaban J connectivity index is 2.50. The molecule has 1 unspecified atom stereocenters. The fourth-order valence-electron chi connectivity index (χ4n) is 2.05. The molecule has 2 nitrogen and oxygen atoms in total. The summed E-state index contributed by atoms with van der Waals surface area (Å²) in [5.74, 6) is 0. The molecule has 1 aromatic heterocycles. The Morgan fingerprint density at radius 2 is 2.12 bits per heavy atom. The van der Waals surface area contributed by atoms with Gasteiger partial charge in [-0.1, -0.05) is 40.2 Å². The second-order valence-electron chi connectivity index (χ2n) is 5.85. The highest BCUT2D eigenvalue weighted by Gasteiger charge is 2.13. The molecule has 0 fully saturated rings. The van der Waals surface area contributed by atoms with Crippen molar-refractivity contribution in [2.24, 2.45) is 5.41 Å². The number of nitrogens with zero attached hydrogens (tertiary/aromatic N) is 1. The molecule has 2 heteroatoms. The molecule has 1 aromatic rings. The van der Waals surface area contributed by atoms with Crippen LogP contribution in [0.15, 0.2) is 24.5 Å². The molecule has 0 saturated carbocycles. The number of hydrogen-bond acceptors (Lipinski definition) is 2. The zero-order valence-electron chi connectivity index (χ0n) is 11.7. The summed E-state index contributed by atoms with van der Waals surface area (Å²) in [5, 5.41) is 3.55. The third kappa shape index (κ3) is 5.83. The van der Waals surface area contributed by atoms with E-state index < -0.39 is 0 Å². The van der Waals surface area contributed by atoms with Crippen LogP contribution in [0.2, 0.25) is 0 Å². The standard InChI is InChI=1S/C15H26N2/c1-5-17-14(9-6-10-15(2,3)4)13-8-7-11-16-12-13/h7-8,11-12,14,17H,5-6,9-10H2,1-4H3. The lowest BCUT2D eigenvalue weighted by Gasteiger charge is -2.22. The molecule has 1 rings (SSSR count). The summed E-state index contributed by atoms with van der Waals surface area (Å²) in [7, 11) is 0. The largest absolute Gasteiger partial charge is 0.310 e. The molecular weight excluding hydrogens is 208 g/mol. The van der Waals surface area contributed by atoms with E-state index in [-0.39, 0.29) is 0 Å². The summed E-state index contributed by atoms with van der Waals surface area (Å²) < 4.78 is 0.